The second-order valence-corrected chi connectivity index (χ2v) is 5.61. The summed E-state index contributed by atoms with van der Waals surface area (Å²) in [4.78, 5) is 43.4. The molecule has 2 rings (SSSR count). The Balaban J connectivity index is 2.43. The van der Waals surface area contributed by atoms with Crippen molar-refractivity contribution in [2.45, 2.75) is 26.2 Å². The van der Waals surface area contributed by atoms with Crippen molar-refractivity contribution in [3.8, 4) is 0 Å². The minimum Gasteiger partial charge on any atom is -0.347 e. The van der Waals surface area contributed by atoms with Crippen molar-refractivity contribution in [2.75, 3.05) is 6.54 Å². The number of nitrogens with zero attached hydrogens (tertiary/aromatic N) is 2. The van der Waals surface area contributed by atoms with E-state index in [0.29, 0.717) is 5.69 Å². The highest BCUT2D eigenvalue weighted by Crippen LogP contribution is 2.26. The molecule has 0 unspecified atom stereocenters. The Labute approximate surface area is 128 Å². The Hall–Kier alpha value is -2.70. The van der Waals surface area contributed by atoms with Crippen LogP contribution in [0.2, 0.25) is 0 Å². The molecule has 7 heteroatoms. The first-order valence-corrected chi connectivity index (χ1v) is 6.77. The van der Waals surface area contributed by atoms with E-state index < -0.39 is 17.7 Å². The molecule has 0 aromatic carbocycles. The van der Waals surface area contributed by atoms with Crippen LogP contribution in [-0.2, 0) is 19.8 Å². The Morgan fingerprint density at radius 3 is 2.73 bits per heavy atom. The lowest BCUT2D eigenvalue weighted by Gasteiger charge is -2.25. The average molecular weight is 302 g/mol. The molecule has 22 heavy (non-hydrogen) atoms. The van der Waals surface area contributed by atoms with Gasteiger partial charge in [-0.25, -0.2) is 4.98 Å². The zero-order chi connectivity index (χ0) is 16.5. The summed E-state index contributed by atoms with van der Waals surface area (Å²) in [5.41, 5.74) is 0.917. The summed E-state index contributed by atoms with van der Waals surface area (Å²) in [6.45, 7) is 8.64. The van der Waals surface area contributed by atoms with Crippen LogP contribution in [0.4, 0.5) is 0 Å². The number of nitrogens with one attached hydrogen (secondary N) is 2. The van der Waals surface area contributed by atoms with Gasteiger partial charge in [0.2, 0.25) is 11.8 Å². The van der Waals surface area contributed by atoms with Crippen molar-refractivity contribution in [3.63, 3.8) is 0 Å². The lowest BCUT2D eigenvalue weighted by Crippen LogP contribution is -2.51. The fourth-order valence-corrected chi connectivity index (χ4v) is 2.13. The maximum atomic E-state index is 12.2. The van der Waals surface area contributed by atoms with Crippen LogP contribution in [0.5, 0.6) is 0 Å². The maximum absolute atomic E-state index is 12.2. The SMILES string of the molecule is C=CC(C)(C)c1[nH]cnc1/C=C1\NC(=O)CN(C(C)=O)C1=O. The summed E-state index contributed by atoms with van der Waals surface area (Å²) >= 11 is 0. The monoisotopic (exact) mass is 302 g/mol. The predicted molar refractivity (Wildman–Crippen MR) is 80.3 cm³/mol. The van der Waals surface area contributed by atoms with Gasteiger partial charge in [-0.05, 0) is 6.08 Å². The van der Waals surface area contributed by atoms with Crippen molar-refractivity contribution in [1.82, 2.24) is 20.2 Å². The first-order chi connectivity index (χ1) is 10.3. The first kappa shape index (κ1) is 15.7. The second kappa shape index (κ2) is 5.59. The van der Waals surface area contributed by atoms with Gasteiger partial charge in [0.05, 0.1) is 17.7 Å². The van der Waals surface area contributed by atoms with E-state index in [-0.39, 0.29) is 17.7 Å². The molecule has 1 fully saturated rings. The summed E-state index contributed by atoms with van der Waals surface area (Å²) in [7, 11) is 0. The molecule has 0 bridgehead atoms. The van der Waals surface area contributed by atoms with Crippen LogP contribution in [0.1, 0.15) is 32.2 Å². The van der Waals surface area contributed by atoms with E-state index in [9.17, 15) is 14.4 Å². The van der Waals surface area contributed by atoms with Gasteiger partial charge in [0.1, 0.15) is 12.2 Å². The number of rotatable bonds is 3. The lowest BCUT2D eigenvalue weighted by molar-refractivity contribution is -0.147. The Bertz CT molecular complexity index is 685. The first-order valence-electron chi connectivity index (χ1n) is 6.77. The van der Waals surface area contributed by atoms with E-state index in [2.05, 4.69) is 21.9 Å². The molecule has 1 aliphatic heterocycles. The number of imidazole rings is 1. The van der Waals surface area contributed by atoms with Crippen LogP contribution in [0.25, 0.3) is 6.08 Å². The standard InChI is InChI=1S/C15H18N4O3/c1-5-15(3,4)13-10(16-8-17-13)6-11-14(22)19(9(2)20)7-12(21)18-11/h5-6,8H,1,7H2,2-4H3,(H,16,17)(H,18,21)/b11-6-. The van der Waals surface area contributed by atoms with Gasteiger partial charge in [-0.1, -0.05) is 19.9 Å². The molecule has 1 aromatic rings. The number of amides is 3. The third kappa shape index (κ3) is 2.83. The number of carbonyl (C=O) groups is 3. The van der Waals surface area contributed by atoms with Crippen LogP contribution in [0, 0.1) is 0 Å². The van der Waals surface area contributed by atoms with Crippen LogP contribution in [0.3, 0.4) is 0 Å². The number of aromatic nitrogens is 2. The summed E-state index contributed by atoms with van der Waals surface area (Å²) in [5, 5.41) is 2.48. The zero-order valence-electron chi connectivity index (χ0n) is 12.8. The number of aromatic amines is 1. The van der Waals surface area contributed by atoms with Crippen LogP contribution >= 0.6 is 0 Å². The van der Waals surface area contributed by atoms with Crippen molar-refractivity contribution in [1.29, 1.82) is 0 Å². The van der Waals surface area contributed by atoms with Crippen molar-refractivity contribution < 1.29 is 14.4 Å². The maximum Gasteiger partial charge on any atom is 0.277 e. The third-order valence-corrected chi connectivity index (χ3v) is 3.54. The molecule has 2 heterocycles. The average Bonchev–Trinajstić information content (AvgIpc) is 2.91. The van der Waals surface area contributed by atoms with Gasteiger partial charge in [-0.2, -0.15) is 0 Å². The topological polar surface area (TPSA) is 95.2 Å². The zero-order valence-corrected chi connectivity index (χ0v) is 12.8. The Kier molecular flexibility index (Phi) is 3.99. The second-order valence-electron chi connectivity index (χ2n) is 5.61. The minimum absolute atomic E-state index is 0.0275. The molecule has 1 aromatic heterocycles. The fourth-order valence-electron chi connectivity index (χ4n) is 2.13. The van der Waals surface area contributed by atoms with Gasteiger partial charge in [0.15, 0.2) is 0 Å². The molecule has 0 saturated carbocycles. The molecule has 1 aliphatic rings. The number of piperazine rings is 1. The number of H-pyrrole nitrogens is 1. The smallest absolute Gasteiger partial charge is 0.277 e. The normalized spacial score (nSPS) is 17.6. The molecule has 0 atom stereocenters. The minimum atomic E-state index is -0.544. The number of hydrogen-bond donors (Lipinski definition) is 2. The predicted octanol–water partition coefficient (Wildman–Crippen LogP) is 0.719. The number of carbonyl (C=O) groups excluding carboxylic acids is 3. The summed E-state index contributed by atoms with van der Waals surface area (Å²) < 4.78 is 0. The fraction of sp³-hybridized carbons (Fsp3) is 0.333. The quantitative estimate of drug-likeness (QED) is 0.635. The van der Waals surface area contributed by atoms with E-state index in [4.69, 9.17) is 0 Å². The molecule has 0 radical (unpaired) electrons. The van der Waals surface area contributed by atoms with Crippen LogP contribution in [-0.4, -0.2) is 39.1 Å². The number of imide groups is 1. The van der Waals surface area contributed by atoms with Crippen LogP contribution < -0.4 is 5.32 Å². The van der Waals surface area contributed by atoms with Gasteiger partial charge in [-0.15, -0.1) is 6.58 Å². The molecule has 1 saturated heterocycles. The third-order valence-electron chi connectivity index (χ3n) is 3.54. The van der Waals surface area contributed by atoms with Gasteiger partial charge < -0.3 is 10.3 Å². The molecule has 3 amide bonds. The molecule has 7 nitrogen and oxygen atoms in total. The lowest BCUT2D eigenvalue weighted by atomic mass is 9.88. The largest absolute Gasteiger partial charge is 0.347 e. The van der Waals surface area contributed by atoms with Gasteiger partial charge in [0.25, 0.3) is 5.91 Å². The van der Waals surface area contributed by atoms with Crippen molar-refractivity contribution in [2.24, 2.45) is 0 Å². The number of hydrogen-bond acceptors (Lipinski definition) is 4. The molecule has 2 N–H and O–H groups in total. The highest BCUT2D eigenvalue weighted by atomic mass is 16.2. The molecule has 0 aliphatic carbocycles. The van der Waals surface area contributed by atoms with Gasteiger partial charge in [0, 0.05) is 12.3 Å². The van der Waals surface area contributed by atoms with Gasteiger partial charge >= 0.3 is 0 Å². The molecule has 116 valence electrons. The van der Waals surface area contributed by atoms with E-state index in [1.54, 1.807) is 6.08 Å². The Morgan fingerprint density at radius 2 is 2.14 bits per heavy atom. The summed E-state index contributed by atoms with van der Waals surface area (Å²) in [5.74, 6) is -1.43. The number of allylic oxidation sites excluding steroid dienone is 1. The Morgan fingerprint density at radius 1 is 1.45 bits per heavy atom. The molecular weight excluding hydrogens is 284 g/mol. The van der Waals surface area contributed by atoms with E-state index in [1.165, 1.54) is 19.3 Å². The molecule has 0 spiro atoms. The van der Waals surface area contributed by atoms with E-state index in [0.717, 1.165) is 10.6 Å². The highest BCUT2D eigenvalue weighted by molar-refractivity contribution is 6.12. The highest BCUT2D eigenvalue weighted by Gasteiger charge is 2.31. The van der Waals surface area contributed by atoms with E-state index in [1.807, 2.05) is 13.8 Å². The summed E-state index contributed by atoms with van der Waals surface area (Å²) in [6.07, 6.45) is 4.73. The van der Waals surface area contributed by atoms with Gasteiger partial charge in [-0.3, -0.25) is 19.3 Å². The van der Waals surface area contributed by atoms with Crippen LogP contribution in [0.15, 0.2) is 24.7 Å². The van der Waals surface area contributed by atoms with Crippen molar-refractivity contribution >= 4 is 23.8 Å². The molecular formula is C15H18N4O3. The van der Waals surface area contributed by atoms with Crippen molar-refractivity contribution in [3.05, 3.63) is 36.1 Å². The summed E-state index contributed by atoms with van der Waals surface area (Å²) in [6, 6.07) is 0. The van der Waals surface area contributed by atoms with E-state index >= 15 is 0 Å².